The lowest BCUT2D eigenvalue weighted by atomic mass is 10.2. The number of rotatable bonds is 6. The van der Waals surface area contributed by atoms with Crippen molar-refractivity contribution < 1.29 is 23.6 Å². The zero-order valence-corrected chi connectivity index (χ0v) is 14.8. The summed E-state index contributed by atoms with van der Waals surface area (Å²) in [4.78, 5) is 26.3. The van der Waals surface area contributed by atoms with Gasteiger partial charge in [0.1, 0.15) is 11.4 Å². The maximum atomic E-state index is 11.7. The molecule has 0 aliphatic rings. The molecule has 0 radical (unpaired) electrons. The van der Waals surface area contributed by atoms with Crippen molar-refractivity contribution in [3.63, 3.8) is 0 Å². The second-order valence-electron chi connectivity index (χ2n) is 5.37. The Bertz CT molecular complexity index is 984. The first-order chi connectivity index (χ1) is 13.0. The summed E-state index contributed by atoms with van der Waals surface area (Å²) in [6.07, 6.45) is -0.183. The number of benzene rings is 2. The number of hydrogen-bond acceptors (Lipinski definition) is 7. The Morgan fingerprint density at radius 1 is 1.26 bits per heavy atom. The van der Waals surface area contributed by atoms with Crippen molar-refractivity contribution in [2.24, 2.45) is 0 Å². The van der Waals surface area contributed by atoms with E-state index < -0.39 is 10.9 Å². The molecule has 0 aliphatic carbocycles. The molecule has 0 fully saturated rings. The zero-order valence-electron chi connectivity index (χ0n) is 14.0. The quantitative estimate of drug-likeness (QED) is 0.350. The fourth-order valence-corrected chi connectivity index (χ4v) is 2.35. The van der Waals surface area contributed by atoms with Crippen molar-refractivity contribution in [3.05, 3.63) is 69.4 Å². The van der Waals surface area contributed by atoms with Crippen molar-refractivity contribution >= 4 is 23.3 Å². The van der Waals surface area contributed by atoms with E-state index >= 15 is 0 Å². The smallest absolute Gasteiger partial charge is 0.315 e. The summed E-state index contributed by atoms with van der Waals surface area (Å²) in [5, 5.41) is 11.5. The molecule has 27 heavy (non-hydrogen) atoms. The number of non-ortho nitro benzene ring substituents is 1. The van der Waals surface area contributed by atoms with Gasteiger partial charge in [0, 0.05) is 16.7 Å². The summed E-state index contributed by atoms with van der Waals surface area (Å²) in [6, 6.07) is 12.3. The van der Waals surface area contributed by atoms with E-state index in [2.05, 4.69) is 9.72 Å². The largest absolute Gasteiger partial charge is 0.469 e. The molecule has 0 N–H and O–H groups in total. The third-order valence-electron chi connectivity index (χ3n) is 3.53. The molecule has 0 amide bonds. The van der Waals surface area contributed by atoms with Gasteiger partial charge in [0.15, 0.2) is 0 Å². The molecule has 1 aromatic heterocycles. The predicted molar refractivity (Wildman–Crippen MR) is 95.8 cm³/mol. The highest BCUT2D eigenvalue weighted by atomic mass is 35.5. The number of halogens is 1. The van der Waals surface area contributed by atoms with Gasteiger partial charge in [0.2, 0.25) is 5.89 Å². The van der Waals surface area contributed by atoms with Crippen LogP contribution in [0.5, 0.6) is 11.7 Å². The van der Waals surface area contributed by atoms with Crippen LogP contribution in [0, 0.1) is 10.1 Å². The van der Waals surface area contributed by atoms with Crippen molar-refractivity contribution in [2.45, 2.75) is 6.42 Å². The molecule has 0 saturated heterocycles. The SMILES string of the molecule is COC(=O)Cc1nc(-c2ccc(Cl)cc2)oc1Oc1cccc([N+](=O)[O-])c1. The number of carbonyl (C=O) groups excluding carboxylic acids is 1. The van der Waals surface area contributed by atoms with E-state index in [1.807, 2.05) is 0 Å². The van der Waals surface area contributed by atoms with Gasteiger partial charge in [0.25, 0.3) is 5.69 Å². The number of nitro benzene ring substituents is 1. The first-order valence-corrected chi connectivity index (χ1v) is 8.09. The van der Waals surface area contributed by atoms with Gasteiger partial charge in [0.05, 0.1) is 24.5 Å². The fraction of sp³-hybridized carbons (Fsp3) is 0.111. The molecule has 0 unspecified atom stereocenters. The van der Waals surface area contributed by atoms with Crippen molar-refractivity contribution in [1.82, 2.24) is 4.98 Å². The Morgan fingerprint density at radius 3 is 2.67 bits per heavy atom. The standard InChI is InChI=1S/C18H13ClN2O6/c1-25-16(22)10-15-18(26-14-4-2-3-13(9-14)21(23)24)27-17(20-15)11-5-7-12(19)8-6-11/h2-9H,10H2,1H3. The molecule has 2 aromatic carbocycles. The van der Waals surface area contributed by atoms with Crippen LogP contribution < -0.4 is 4.74 Å². The van der Waals surface area contributed by atoms with E-state index in [0.29, 0.717) is 10.6 Å². The second-order valence-corrected chi connectivity index (χ2v) is 5.81. The van der Waals surface area contributed by atoms with Gasteiger partial charge in [-0.3, -0.25) is 14.9 Å². The molecule has 9 heteroatoms. The lowest BCUT2D eigenvalue weighted by molar-refractivity contribution is -0.384. The van der Waals surface area contributed by atoms with Crippen molar-refractivity contribution in [2.75, 3.05) is 7.11 Å². The molecule has 0 aliphatic heterocycles. The van der Waals surface area contributed by atoms with Crippen LogP contribution in [0.1, 0.15) is 5.69 Å². The van der Waals surface area contributed by atoms with E-state index in [9.17, 15) is 14.9 Å². The van der Waals surface area contributed by atoms with Crippen molar-refractivity contribution in [3.8, 4) is 23.1 Å². The van der Waals surface area contributed by atoms with Crippen LogP contribution in [0.4, 0.5) is 5.69 Å². The Kier molecular flexibility index (Phi) is 5.37. The lowest BCUT2D eigenvalue weighted by Gasteiger charge is -2.03. The number of ether oxygens (including phenoxy) is 2. The first-order valence-electron chi connectivity index (χ1n) is 7.71. The third kappa shape index (κ3) is 4.42. The highest BCUT2D eigenvalue weighted by Crippen LogP contribution is 2.33. The Balaban J connectivity index is 1.96. The summed E-state index contributed by atoms with van der Waals surface area (Å²) in [6.45, 7) is 0. The van der Waals surface area contributed by atoms with Crippen LogP contribution in [0.25, 0.3) is 11.5 Å². The van der Waals surface area contributed by atoms with Gasteiger partial charge in [-0.15, -0.1) is 0 Å². The normalized spacial score (nSPS) is 10.4. The minimum atomic E-state index is -0.540. The van der Waals surface area contributed by atoms with Crippen LogP contribution in [-0.4, -0.2) is 23.0 Å². The average Bonchev–Trinajstić information content (AvgIpc) is 3.04. The topological polar surface area (TPSA) is 105 Å². The van der Waals surface area contributed by atoms with Crippen LogP contribution in [0.3, 0.4) is 0 Å². The van der Waals surface area contributed by atoms with Gasteiger partial charge in [-0.1, -0.05) is 17.7 Å². The molecular formula is C18H13ClN2O6. The molecule has 8 nitrogen and oxygen atoms in total. The molecule has 0 saturated carbocycles. The Morgan fingerprint density at radius 2 is 2.00 bits per heavy atom. The molecule has 3 aromatic rings. The van der Waals surface area contributed by atoms with Gasteiger partial charge in [-0.2, -0.15) is 0 Å². The van der Waals surface area contributed by atoms with Crippen LogP contribution in [0.15, 0.2) is 52.9 Å². The van der Waals surface area contributed by atoms with Gasteiger partial charge >= 0.3 is 11.9 Å². The molecule has 0 bridgehead atoms. The number of aromatic nitrogens is 1. The summed E-state index contributed by atoms with van der Waals surface area (Å²) < 4.78 is 15.9. The average molecular weight is 389 g/mol. The number of nitrogens with zero attached hydrogens (tertiary/aromatic N) is 2. The van der Waals surface area contributed by atoms with Crippen molar-refractivity contribution in [1.29, 1.82) is 0 Å². The minimum absolute atomic E-state index is 0.0501. The van der Waals surface area contributed by atoms with E-state index in [1.54, 1.807) is 24.3 Å². The van der Waals surface area contributed by atoms with Gasteiger partial charge in [-0.05, 0) is 30.3 Å². The third-order valence-corrected chi connectivity index (χ3v) is 3.78. The second kappa shape index (κ2) is 7.88. The van der Waals surface area contributed by atoms with E-state index in [-0.39, 0.29) is 35.4 Å². The number of nitro groups is 1. The summed E-state index contributed by atoms with van der Waals surface area (Å²) in [5.74, 6) is -0.194. The van der Waals surface area contributed by atoms with Crippen LogP contribution in [0.2, 0.25) is 5.02 Å². The highest BCUT2D eigenvalue weighted by Gasteiger charge is 2.20. The summed E-state index contributed by atoms with van der Waals surface area (Å²) in [7, 11) is 1.25. The van der Waals surface area contributed by atoms with Gasteiger partial charge < -0.3 is 13.9 Å². The van der Waals surface area contributed by atoms with E-state index in [0.717, 1.165) is 0 Å². The summed E-state index contributed by atoms with van der Waals surface area (Å²) in [5.41, 5.74) is 0.692. The maximum absolute atomic E-state index is 11.7. The fourth-order valence-electron chi connectivity index (χ4n) is 2.22. The Labute approximate surface area is 158 Å². The van der Waals surface area contributed by atoms with Crippen LogP contribution in [-0.2, 0) is 16.0 Å². The van der Waals surface area contributed by atoms with E-state index in [1.165, 1.54) is 31.4 Å². The predicted octanol–water partition coefficient (Wildman–Crippen LogP) is 4.41. The zero-order chi connectivity index (χ0) is 19.4. The van der Waals surface area contributed by atoms with E-state index in [4.69, 9.17) is 20.8 Å². The lowest BCUT2D eigenvalue weighted by Crippen LogP contribution is -2.05. The highest BCUT2D eigenvalue weighted by molar-refractivity contribution is 6.30. The molecule has 138 valence electrons. The first kappa shape index (κ1) is 18.4. The number of oxazole rings is 1. The number of carbonyl (C=O) groups is 1. The maximum Gasteiger partial charge on any atom is 0.315 e. The molecule has 0 spiro atoms. The molecular weight excluding hydrogens is 376 g/mol. The van der Waals surface area contributed by atoms with Gasteiger partial charge in [-0.25, -0.2) is 4.98 Å². The molecule has 1 heterocycles. The Hall–Kier alpha value is -3.39. The molecule has 3 rings (SSSR count). The monoisotopic (exact) mass is 388 g/mol. The number of methoxy groups -OCH3 is 1. The summed E-state index contributed by atoms with van der Waals surface area (Å²) >= 11 is 5.88. The molecule has 0 atom stereocenters. The minimum Gasteiger partial charge on any atom is -0.469 e. The van der Waals surface area contributed by atoms with Crippen LogP contribution >= 0.6 is 11.6 Å². The number of esters is 1. The number of hydrogen-bond donors (Lipinski definition) is 0.